The Labute approximate surface area is 200 Å². The number of rotatable bonds is 8. The monoisotopic (exact) mass is 456 g/mol. The van der Waals surface area contributed by atoms with Crippen LogP contribution in [0, 0.1) is 12.8 Å². The van der Waals surface area contributed by atoms with Gasteiger partial charge in [0.2, 0.25) is 5.95 Å². The maximum atomic E-state index is 6.02. The van der Waals surface area contributed by atoms with Crippen LogP contribution in [0.2, 0.25) is 0 Å². The van der Waals surface area contributed by atoms with Crippen molar-refractivity contribution in [2.45, 2.75) is 26.7 Å². The normalized spacial score (nSPS) is 14.9. The van der Waals surface area contributed by atoms with E-state index in [0.717, 1.165) is 46.6 Å². The van der Waals surface area contributed by atoms with Crippen LogP contribution in [0.1, 0.15) is 25.5 Å². The molecule has 1 aliphatic rings. The zero-order valence-electron chi connectivity index (χ0n) is 19.8. The molecule has 5 rings (SSSR count). The van der Waals surface area contributed by atoms with E-state index in [1.165, 1.54) is 31.3 Å². The van der Waals surface area contributed by atoms with Gasteiger partial charge in [-0.2, -0.15) is 4.98 Å². The maximum Gasteiger partial charge on any atom is 0.229 e. The molecule has 1 fully saturated rings. The summed E-state index contributed by atoms with van der Waals surface area (Å²) in [6.07, 6.45) is 4.32. The minimum Gasteiger partial charge on any atom is -0.492 e. The number of hydrogen-bond acceptors (Lipinski definition) is 6. The highest BCUT2D eigenvalue weighted by Crippen LogP contribution is 2.24. The molecule has 3 heterocycles. The first-order chi connectivity index (χ1) is 16.6. The Bertz CT molecular complexity index is 1240. The van der Waals surface area contributed by atoms with Crippen molar-refractivity contribution >= 4 is 34.0 Å². The molecule has 7 heteroatoms. The Morgan fingerprint density at radius 2 is 1.88 bits per heavy atom. The zero-order valence-corrected chi connectivity index (χ0v) is 19.8. The van der Waals surface area contributed by atoms with Gasteiger partial charge in [0.1, 0.15) is 18.2 Å². The van der Waals surface area contributed by atoms with E-state index in [1.807, 2.05) is 36.4 Å². The number of nitrogens with one attached hydrogen (secondary N) is 3. The fourth-order valence-electron chi connectivity index (χ4n) is 4.36. The minimum absolute atomic E-state index is 0.531. The second kappa shape index (κ2) is 10.1. The number of fused-ring (bicyclic) bond motifs is 1. The molecule has 0 amide bonds. The molecule has 7 nitrogen and oxygen atoms in total. The van der Waals surface area contributed by atoms with E-state index < -0.39 is 0 Å². The molecule has 0 aliphatic carbocycles. The van der Waals surface area contributed by atoms with E-state index in [9.17, 15) is 0 Å². The van der Waals surface area contributed by atoms with Gasteiger partial charge in [0.15, 0.2) is 0 Å². The lowest BCUT2D eigenvalue weighted by molar-refractivity contribution is 0.160. The van der Waals surface area contributed by atoms with Gasteiger partial charge in [0.25, 0.3) is 0 Å². The second-order valence-electron chi connectivity index (χ2n) is 9.17. The quantitative estimate of drug-likeness (QED) is 0.308. The molecule has 0 radical (unpaired) electrons. The van der Waals surface area contributed by atoms with Gasteiger partial charge < -0.3 is 20.4 Å². The summed E-state index contributed by atoms with van der Waals surface area (Å²) in [6.45, 7) is 8.41. The largest absolute Gasteiger partial charge is 0.492 e. The number of H-pyrrole nitrogens is 1. The number of nitrogens with zero attached hydrogens (tertiary/aromatic N) is 3. The SMILES string of the molecule is Cc1cc2cc(Nc3ccnc(Nc4cccc(OCCN5CCC(C)CC5)c4)n3)ccc2[nH]1. The maximum absolute atomic E-state index is 6.02. The molecule has 2 aromatic heterocycles. The Hall–Kier alpha value is -3.58. The number of piperidine rings is 1. The van der Waals surface area contributed by atoms with Gasteiger partial charge in [-0.15, -0.1) is 0 Å². The molecule has 0 saturated carbocycles. The Morgan fingerprint density at radius 3 is 2.76 bits per heavy atom. The average molecular weight is 457 g/mol. The van der Waals surface area contributed by atoms with Crippen LogP contribution in [-0.2, 0) is 0 Å². The third-order valence-electron chi connectivity index (χ3n) is 6.33. The van der Waals surface area contributed by atoms with Crippen molar-refractivity contribution in [3.63, 3.8) is 0 Å². The summed E-state index contributed by atoms with van der Waals surface area (Å²) in [5.41, 5.74) is 4.15. The molecule has 176 valence electrons. The summed E-state index contributed by atoms with van der Waals surface area (Å²) in [4.78, 5) is 14.8. The number of aryl methyl sites for hydroxylation is 1. The van der Waals surface area contributed by atoms with Crippen LogP contribution < -0.4 is 15.4 Å². The van der Waals surface area contributed by atoms with Crippen molar-refractivity contribution in [3.05, 3.63) is 66.5 Å². The summed E-state index contributed by atoms with van der Waals surface area (Å²) in [7, 11) is 0. The highest BCUT2D eigenvalue weighted by atomic mass is 16.5. The topological polar surface area (TPSA) is 78.1 Å². The van der Waals surface area contributed by atoms with E-state index in [-0.39, 0.29) is 0 Å². The molecule has 2 aromatic carbocycles. The van der Waals surface area contributed by atoms with E-state index in [2.05, 4.69) is 62.5 Å². The van der Waals surface area contributed by atoms with Gasteiger partial charge in [-0.05, 0) is 81.2 Å². The van der Waals surface area contributed by atoms with E-state index in [4.69, 9.17) is 4.74 Å². The number of ether oxygens (including phenoxy) is 1. The molecule has 0 unspecified atom stereocenters. The van der Waals surface area contributed by atoms with Gasteiger partial charge in [0, 0.05) is 46.8 Å². The zero-order chi connectivity index (χ0) is 23.3. The molecule has 1 aliphatic heterocycles. The second-order valence-corrected chi connectivity index (χ2v) is 9.17. The Balaban J connectivity index is 1.18. The number of hydrogen-bond donors (Lipinski definition) is 3. The minimum atomic E-state index is 0.531. The van der Waals surface area contributed by atoms with Crippen molar-refractivity contribution in [2.24, 2.45) is 5.92 Å². The van der Waals surface area contributed by atoms with Crippen molar-refractivity contribution in [3.8, 4) is 5.75 Å². The number of aromatic amines is 1. The fourth-order valence-corrected chi connectivity index (χ4v) is 4.36. The fraction of sp³-hybridized carbons (Fsp3) is 0.333. The van der Waals surface area contributed by atoms with Gasteiger partial charge >= 0.3 is 0 Å². The van der Waals surface area contributed by atoms with Crippen LogP contribution >= 0.6 is 0 Å². The molecule has 3 N–H and O–H groups in total. The lowest BCUT2D eigenvalue weighted by atomic mass is 9.99. The first-order valence-electron chi connectivity index (χ1n) is 12.0. The van der Waals surface area contributed by atoms with E-state index >= 15 is 0 Å². The summed E-state index contributed by atoms with van der Waals surface area (Å²) in [5, 5.41) is 7.83. The molecule has 1 saturated heterocycles. The van der Waals surface area contributed by atoms with Gasteiger partial charge in [-0.1, -0.05) is 13.0 Å². The van der Waals surface area contributed by atoms with Crippen LogP contribution in [0.3, 0.4) is 0 Å². The number of likely N-dealkylation sites (tertiary alicyclic amines) is 1. The highest BCUT2D eigenvalue weighted by molar-refractivity contribution is 5.84. The number of benzene rings is 2. The predicted molar refractivity (Wildman–Crippen MR) is 138 cm³/mol. The molecule has 0 atom stereocenters. The molecule has 34 heavy (non-hydrogen) atoms. The highest BCUT2D eigenvalue weighted by Gasteiger charge is 2.15. The number of aromatic nitrogens is 3. The third-order valence-corrected chi connectivity index (χ3v) is 6.33. The van der Waals surface area contributed by atoms with Crippen molar-refractivity contribution in [2.75, 3.05) is 36.9 Å². The average Bonchev–Trinajstić information content (AvgIpc) is 3.20. The molecule has 4 aromatic rings. The standard InChI is InChI=1S/C27H32N6O/c1-19-9-12-33(13-10-19)14-15-34-24-5-3-4-22(18-24)31-27-28-11-8-26(32-27)30-23-6-7-25-21(17-23)16-20(2)29-25/h3-8,11,16-19,29H,9-10,12-15H2,1-2H3,(H2,28,30,31,32). The summed E-state index contributed by atoms with van der Waals surface area (Å²) < 4.78 is 6.02. The van der Waals surface area contributed by atoms with Gasteiger partial charge in [0.05, 0.1) is 0 Å². The Kier molecular flexibility index (Phi) is 6.62. The lowest BCUT2D eigenvalue weighted by Gasteiger charge is -2.29. The van der Waals surface area contributed by atoms with Crippen LogP contribution in [0.4, 0.5) is 23.1 Å². The van der Waals surface area contributed by atoms with E-state index in [0.29, 0.717) is 12.6 Å². The van der Waals surface area contributed by atoms with Crippen LogP contribution in [0.15, 0.2) is 60.8 Å². The molecular formula is C27H32N6O. The summed E-state index contributed by atoms with van der Waals surface area (Å²) in [5.74, 6) is 2.96. The first kappa shape index (κ1) is 22.2. The van der Waals surface area contributed by atoms with Gasteiger partial charge in [-0.3, -0.25) is 4.90 Å². The third kappa shape index (κ3) is 5.66. The number of anilines is 4. The Morgan fingerprint density at radius 1 is 1.03 bits per heavy atom. The summed E-state index contributed by atoms with van der Waals surface area (Å²) >= 11 is 0. The molecular weight excluding hydrogens is 424 g/mol. The van der Waals surface area contributed by atoms with Gasteiger partial charge in [-0.25, -0.2) is 4.98 Å². The van der Waals surface area contributed by atoms with Crippen molar-refractivity contribution < 1.29 is 4.74 Å². The van der Waals surface area contributed by atoms with Crippen LogP contribution in [-0.4, -0.2) is 46.1 Å². The summed E-state index contributed by atoms with van der Waals surface area (Å²) in [6, 6.07) is 18.2. The van der Waals surface area contributed by atoms with E-state index in [1.54, 1.807) is 6.20 Å². The van der Waals surface area contributed by atoms with Crippen molar-refractivity contribution in [1.82, 2.24) is 19.9 Å². The predicted octanol–water partition coefficient (Wildman–Crippen LogP) is 5.86. The van der Waals surface area contributed by atoms with Crippen molar-refractivity contribution in [1.29, 1.82) is 0 Å². The smallest absolute Gasteiger partial charge is 0.229 e. The molecule has 0 bridgehead atoms. The van der Waals surface area contributed by atoms with Crippen LogP contribution in [0.5, 0.6) is 5.75 Å². The van der Waals surface area contributed by atoms with Crippen LogP contribution in [0.25, 0.3) is 10.9 Å². The lowest BCUT2D eigenvalue weighted by Crippen LogP contribution is -2.35. The first-order valence-corrected chi connectivity index (χ1v) is 12.0. The molecule has 0 spiro atoms.